The van der Waals surface area contributed by atoms with E-state index in [9.17, 15) is 10.1 Å². The first kappa shape index (κ1) is 16.5. The molecule has 0 radical (unpaired) electrons. The van der Waals surface area contributed by atoms with Gasteiger partial charge in [0.05, 0.1) is 12.6 Å². The number of fused-ring (bicyclic) bond motifs is 1. The average Bonchev–Trinajstić information content (AvgIpc) is 3.04. The lowest BCUT2D eigenvalue weighted by atomic mass is 9.83. The van der Waals surface area contributed by atoms with Crippen molar-refractivity contribution in [3.05, 3.63) is 21.9 Å². The van der Waals surface area contributed by atoms with E-state index in [4.69, 9.17) is 0 Å². The van der Waals surface area contributed by atoms with Gasteiger partial charge in [0.2, 0.25) is 5.91 Å². The van der Waals surface area contributed by atoms with E-state index >= 15 is 0 Å². The molecule has 0 unspecified atom stereocenters. The molecule has 3 rings (SSSR count). The number of nitriles is 1. The predicted molar refractivity (Wildman–Crippen MR) is 92.2 cm³/mol. The maximum absolute atomic E-state index is 12.6. The fourth-order valence-corrected chi connectivity index (χ4v) is 4.95. The Balaban J connectivity index is 1.65. The van der Waals surface area contributed by atoms with Crippen LogP contribution in [0.4, 0.5) is 0 Å². The average molecular weight is 331 g/mol. The van der Waals surface area contributed by atoms with E-state index in [0.717, 1.165) is 45.1 Å². The second kappa shape index (κ2) is 7.02. The summed E-state index contributed by atoms with van der Waals surface area (Å²) in [6, 6.07) is 4.91. The molecule has 0 spiro atoms. The summed E-state index contributed by atoms with van der Waals surface area (Å²) in [7, 11) is 0. The maximum Gasteiger partial charge on any atom is 0.235 e. The molecule has 1 amide bonds. The molecule has 23 heavy (non-hydrogen) atoms. The molecule has 0 saturated heterocycles. The number of carbonyl (C=O) groups excluding carboxylic acids is 1. The van der Waals surface area contributed by atoms with E-state index in [-0.39, 0.29) is 5.91 Å². The van der Waals surface area contributed by atoms with Gasteiger partial charge in [-0.2, -0.15) is 5.26 Å². The minimum atomic E-state index is -0.625. The number of hydrogen-bond donors (Lipinski definition) is 1. The molecule has 124 valence electrons. The van der Waals surface area contributed by atoms with Crippen LogP contribution in [0.2, 0.25) is 0 Å². The van der Waals surface area contributed by atoms with Crippen LogP contribution < -0.4 is 5.32 Å². The first-order valence-corrected chi connectivity index (χ1v) is 9.58. The molecule has 0 aromatic carbocycles. The Morgan fingerprint density at radius 3 is 2.96 bits per heavy atom. The van der Waals surface area contributed by atoms with Gasteiger partial charge in [0.25, 0.3) is 0 Å². The molecular weight excluding hydrogens is 306 g/mol. The van der Waals surface area contributed by atoms with Crippen molar-refractivity contribution in [2.45, 2.75) is 63.5 Å². The van der Waals surface area contributed by atoms with Crippen molar-refractivity contribution in [1.82, 2.24) is 10.2 Å². The third-order valence-corrected chi connectivity index (χ3v) is 6.24. The summed E-state index contributed by atoms with van der Waals surface area (Å²) in [5.74, 6) is 0.00517. The SMILES string of the molecule is CC[C@@H]1c2ccsc2CCN1CC(=O)NC1(C#N)CCCCC1. The van der Waals surface area contributed by atoms with Gasteiger partial charge in [0, 0.05) is 17.5 Å². The van der Waals surface area contributed by atoms with Crippen molar-refractivity contribution in [2.75, 3.05) is 13.1 Å². The summed E-state index contributed by atoms with van der Waals surface area (Å²) < 4.78 is 0. The highest BCUT2D eigenvalue weighted by atomic mass is 32.1. The molecule has 1 atom stereocenters. The molecule has 1 fully saturated rings. The lowest BCUT2D eigenvalue weighted by Crippen LogP contribution is -2.52. The van der Waals surface area contributed by atoms with Crippen LogP contribution in [0.15, 0.2) is 11.4 Å². The Labute approximate surface area is 142 Å². The van der Waals surface area contributed by atoms with Gasteiger partial charge in [-0.05, 0) is 42.7 Å². The number of amides is 1. The zero-order valence-corrected chi connectivity index (χ0v) is 14.6. The number of rotatable bonds is 4. The van der Waals surface area contributed by atoms with Gasteiger partial charge in [-0.25, -0.2) is 0 Å². The molecule has 1 N–H and O–H groups in total. The lowest BCUT2D eigenvalue weighted by Gasteiger charge is -2.36. The van der Waals surface area contributed by atoms with Gasteiger partial charge in [-0.15, -0.1) is 11.3 Å². The molecule has 5 heteroatoms. The number of hydrogen-bond acceptors (Lipinski definition) is 4. The third kappa shape index (κ3) is 3.44. The molecule has 1 saturated carbocycles. The van der Waals surface area contributed by atoms with Gasteiger partial charge in [0.15, 0.2) is 0 Å². The number of nitrogens with zero attached hydrogens (tertiary/aromatic N) is 2. The van der Waals surface area contributed by atoms with Crippen LogP contribution in [0.25, 0.3) is 0 Å². The largest absolute Gasteiger partial charge is 0.337 e. The monoisotopic (exact) mass is 331 g/mol. The molecule has 2 aliphatic rings. The van der Waals surface area contributed by atoms with Crippen molar-refractivity contribution < 1.29 is 4.79 Å². The van der Waals surface area contributed by atoms with E-state index in [1.807, 2.05) is 11.3 Å². The van der Waals surface area contributed by atoms with Gasteiger partial charge in [0.1, 0.15) is 5.54 Å². The van der Waals surface area contributed by atoms with E-state index < -0.39 is 5.54 Å². The minimum Gasteiger partial charge on any atom is -0.337 e. The highest BCUT2D eigenvalue weighted by Crippen LogP contribution is 2.35. The quantitative estimate of drug-likeness (QED) is 0.920. The van der Waals surface area contributed by atoms with E-state index in [2.05, 4.69) is 34.7 Å². The van der Waals surface area contributed by atoms with E-state index in [1.165, 1.54) is 16.9 Å². The van der Waals surface area contributed by atoms with Crippen LogP contribution in [0.1, 0.15) is 61.9 Å². The molecule has 1 aromatic rings. The van der Waals surface area contributed by atoms with E-state index in [0.29, 0.717) is 12.6 Å². The highest BCUT2D eigenvalue weighted by molar-refractivity contribution is 7.10. The zero-order chi connectivity index (χ0) is 16.3. The molecular formula is C18H25N3OS. The third-order valence-electron chi connectivity index (χ3n) is 5.24. The van der Waals surface area contributed by atoms with Crippen molar-refractivity contribution in [1.29, 1.82) is 5.26 Å². The zero-order valence-electron chi connectivity index (χ0n) is 13.8. The molecule has 4 nitrogen and oxygen atoms in total. The standard InChI is InChI=1S/C18H25N3OS/c1-2-15-14-7-11-23-16(14)6-10-21(15)12-17(22)20-18(13-19)8-4-3-5-9-18/h7,11,15H,2-6,8-10,12H2,1H3,(H,20,22)/t15-/m1/s1. The topological polar surface area (TPSA) is 56.1 Å². The van der Waals surface area contributed by atoms with Crippen LogP contribution in [-0.2, 0) is 11.2 Å². The predicted octanol–water partition coefficient (Wildman–Crippen LogP) is 3.40. The summed E-state index contributed by atoms with van der Waals surface area (Å²) in [6.45, 7) is 3.51. The summed E-state index contributed by atoms with van der Waals surface area (Å²) >= 11 is 1.83. The first-order chi connectivity index (χ1) is 11.2. The Bertz CT molecular complexity index is 598. The normalized spacial score (nSPS) is 23.7. The van der Waals surface area contributed by atoms with E-state index in [1.54, 1.807) is 0 Å². The fourth-order valence-electron chi connectivity index (χ4n) is 4.03. The van der Waals surface area contributed by atoms with Gasteiger partial charge in [-0.3, -0.25) is 9.69 Å². The smallest absolute Gasteiger partial charge is 0.235 e. The van der Waals surface area contributed by atoms with Gasteiger partial charge >= 0.3 is 0 Å². The summed E-state index contributed by atoms with van der Waals surface area (Å²) in [5, 5.41) is 14.7. The molecule has 1 aromatic heterocycles. The minimum absolute atomic E-state index is 0.00517. The van der Waals surface area contributed by atoms with Crippen molar-refractivity contribution in [3.63, 3.8) is 0 Å². The van der Waals surface area contributed by atoms with Crippen LogP contribution in [0.3, 0.4) is 0 Å². The number of thiophene rings is 1. The summed E-state index contributed by atoms with van der Waals surface area (Å²) in [4.78, 5) is 16.3. The highest BCUT2D eigenvalue weighted by Gasteiger charge is 2.35. The Kier molecular flexibility index (Phi) is 5.03. The second-order valence-corrected chi connectivity index (χ2v) is 7.75. The number of carbonyl (C=O) groups is 1. The Morgan fingerprint density at radius 2 is 2.26 bits per heavy atom. The van der Waals surface area contributed by atoms with Crippen LogP contribution >= 0.6 is 11.3 Å². The fraction of sp³-hybridized carbons (Fsp3) is 0.667. The molecule has 2 heterocycles. The lowest BCUT2D eigenvalue weighted by molar-refractivity contribution is -0.124. The van der Waals surface area contributed by atoms with Crippen LogP contribution in [0.5, 0.6) is 0 Å². The maximum atomic E-state index is 12.6. The van der Waals surface area contributed by atoms with Crippen molar-refractivity contribution in [3.8, 4) is 6.07 Å². The van der Waals surface area contributed by atoms with Crippen LogP contribution in [0, 0.1) is 11.3 Å². The summed E-state index contributed by atoms with van der Waals surface area (Å²) in [5.41, 5.74) is 0.768. The van der Waals surface area contributed by atoms with Gasteiger partial charge < -0.3 is 5.32 Å². The molecule has 1 aliphatic heterocycles. The summed E-state index contributed by atoms with van der Waals surface area (Å²) in [6.07, 6.45) is 6.87. The van der Waals surface area contributed by atoms with Crippen molar-refractivity contribution in [2.24, 2.45) is 0 Å². The first-order valence-electron chi connectivity index (χ1n) is 8.70. The number of nitrogens with one attached hydrogen (secondary N) is 1. The second-order valence-electron chi connectivity index (χ2n) is 6.75. The Morgan fingerprint density at radius 1 is 1.48 bits per heavy atom. The molecule has 1 aliphatic carbocycles. The van der Waals surface area contributed by atoms with Crippen LogP contribution in [-0.4, -0.2) is 29.4 Å². The molecule has 0 bridgehead atoms. The van der Waals surface area contributed by atoms with Gasteiger partial charge in [-0.1, -0.05) is 26.2 Å². The van der Waals surface area contributed by atoms with Crippen molar-refractivity contribution >= 4 is 17.2 Å². The Hall–Kier alpha value is -1.38.